The smallest absolute Gasteiger partial charge is 0.222 e. The summed E-state index contributed by atoms with van der Waals surface area (Å²) in [4.78, 5) is 21.4. The van der Waals surface area contributed by atoms with Crippen molar-refractivity contribution in [2.75, 3.05) is 18.5 Å². The number of anilines is 1. The van der Waals surface area contributed by atoms with Gasteiger partial charge in [0, 0.05) is 30.8 Å². The molecule has 1 N–H and O–H groups in total. The third kappa shape index (κ3) is 3.67. The highest BCUT2D eigenvalue weighted by molar-refractivity contribution is 6.30. The molecular weight excluding hydrogens is 338 g/mol. The van der Waals surface area contributed by atoms with Gasteiger partial charge in [-0.1, -0.05) is 23.7 Å². The molecule has 25 heavy (non-hydrogen) atoms. The summed E-state index contributed by atoms with van der Waals surface area (Å²) in [5.41, 5.74) is 2.59. The van der Waals surface area contributed by atoms with Crippen molar-refractivity contribution >= 4 is 23.3 Å². The van der Waals surface area contributed by atoms with Crippen LogP contribution in [0.1, 0.15) is 46.8 Å². The van der Waals surface area contributed by atoms with E-state index in [1.165, 1.54) is 0 Å². The lowest BCUT2D eigenvalue weighted by atomic mass is 9.82. The number of halogens is 1. The van der Waals surface area contributed by atoms with E-state index in [1.807, 2.05) is 24.3 Å². The summed E-state index contributed by atoms with van der Waals surface area (Å²) in [5.74, 6) is 0.809. The Morgan fingerprint density at radius 2 is 2.08 bits per heavy atom. The molecule has 1 aromatic heterocycles. The zero-order valence-corrected chi connectivity index (χ0v) is 14.6. The number of aromatic nitrogens is 2. The van der Waals surface area contributed by atoms with E-state index in [-0.39, 0.29) is 17.8 Å². The summed E-state index contributed by atoms with van der Waals surface area (Å²) in [6, 6.07) is 7.71. The van der Waals surface area contributed by atoms with Crippen molar-refractivity contribution in [3.8, 4) is 0 Å². The summed E-state index contributed by atoms with van der Waals surface area (Å²) < 4.78 is 5.61. The van der Waals surface area contributed by atoms with Gasteiger partial charge >= 0.3 is 0 Å². The number of fused-ring (bicyclic) bond motifs is 1. The molecule has 0 unspecified atom stereocenters. The zero-order chi connectivity index (χ0) is 17.2. The lowest BCUT2D eigenvalue weighted by molar-refractivity contribution is 0.0962. The first-order valence-corrected chi connectivity index (χ1v) is 9.07. The molecule has 0 radical (unpaired) electrons. The maximum absolute atomic E-state index is 12.5. The SMILES string of the molecule is O=C1C[C@@H](c2ccc(Cl)cc2)Cc2nc(NC[C@@H]3CCCO3)ncc21. The molecule has 1 aliphatic heterocycles. The third-order valence-corrected chi connectivity index (χ3v) is 5.14. The number of rotatable bonds is 4. The first-order chi connectivity index (χ1) is 12.2. The Bertz CT molecular complexity index is 773. The Morgan fingerprint density at radius 3 is 2.84 bits per heavy atom. The van der Waals surface area contributed by atoms with Crippen LogP contribution in [-0.2, 0) is 11.2 Å². The number of benzene rings is 1. The summed E-state index contributed by atoms with van der Waals surface area (Å²) in [7, 11) is 0. The number of carbonyl (C=O) groups is 1. The number of ether oxygens (including phenoxy) is 1. The second-order valence-corrected chi connectivity index (χ2v) is 7.09. The molecule has 0 bridgehead atoms. The molecule has 1 saturated heterocycles. The van der Waals surface area contributed by atoms with Crippen LogP contribution in [0.25, 0.3) is 0 Å². The van der Waals surface area contributed by atoms with Crippen molar-refractivity contribution in [3.05, 3.63) is 52.3 Å². The molecule has 2 atom stereocenters. The van der Waals surface area contributed by atoms with Crippen LogP contribution < -0.4 is 5.32 Å². The van der Waals surface area contributed by atoms with Crippen LogP contribution in [0.2, 0.25) is 5.02 Å². The molecule has 0 spiro atoms. The highest BCUT2D eigenvalue weighted by Crippen LogP contribution is 2.32. The van der Waals surface area contributed by atoms with Crippen LogP contribution in [-0.4, -0.2) is 35.0 Å². The van der Waals surface area contributed by atoms with E-state index in [0.29, 0.717) is 29.5 Å². The highest BCUT2D eigenvalue weighted by Gasteiger charge is 2.28. The molecule has 4 rings (SSSR count). The number of nitrogens with zero attached hydrogens (tertiary/aromatic N) is 2. The maximum Gasteiger partial charge on any atom is 0.222 e. The number of ketones is 1. The van der Waals surface area contributed by atoms with Gasteiger partial charge in [0.05, 0.1) is 17.4 Å². The van der Waals surface area contributed by atoms with Crippen molar-refractivity contribution in [1.29, 1.82) is 0 Å². The van der Waals surface area contributed by atoms with Gasteiger partial charge in [-0.25, -0.2) is 9.97 Å². The van der Waals surface area contributed by atoms with Crippen molar-refractivity contribution in [1.82, 2.24) is 9.97 Å². The maximum atomic E-state index is 12.5. The lowest BCUT2D eigenvalue weighted by Crippen LogP contribution is -2.23. The fourth-order valence-corrected chi connectivity index (χ4v) is 3.64. The summed E-state index contributed by atoms with van der Waals surface area (Å²) in [6.45, 7) is 1.53. The van der Waals surface area contributed by atoms with Crippen LogP contribution in [0.15, 0.2) is 30.5 Å². The molecule has 0 saturated carbocycles. The van der Waals surface area contributed by atoms with Crippen LogP contribution in [0, 0.1) is 0 Å². The number of Topliss-reactive ketones (excluding diaryl/α,β-unsaturated/α-hetero) is 1. The molecule has 130 valence electrons. The summed E-state index contributed by atoms with van der Waals surface area (Å²) >= 11 is 5.96. The van der Waals surface area contributed by atoms with E-state index in [1.54, 1.807) is 6.20 Å². The largest absolute Gasteiger partial charge is 0.376 e. The molecule has 1 aliphatic carbocycles. The van der Waals surface area contributed by atoms with Gasteiger partial charge in [-0.05, 0) is 42.9 Å². The number of carbonyl (C=O) groups excluding carboxylic acids is 1. The quantitative estimate of drug-likeness (QED) is 0.905. The van der Waals surface area contributed by atoms with Gasteiger partial charge in [-0.15, -0.1) is 0 Å². The van der Waals surface area contributed by atoms with Crippen molar-refractivity contribution in [3.63, 3.8) is 0 Å². The molecule has 1 aromatic carbocycles. The Kier molecular flexibility index (Phi) is 4.68. The van der Waals surface area contributed by atoms with Crippen LogP contribution >= 0.6 is 11.6 Å². The van der Waals surface area contributed by atoms with Gasteiger partial charge in [-0.2, -0.15) is 0 Å². The van der Waals surface area contributed by atoms with Gasteiger partial charge < -0.3 is 10.1 Å². The lowest BCUT2D eigenvalue weighted by Gasteiger charge is -2.23. The van der Waals surface area contributed by atoms with Crippen molar-refractivity contribution in [2.24, 2.45) is 0 Å². The molecule has 0 amide bonds. The van der Waals surface area contributed by atoms with E-state index in [2.05, 4.69) is 15.3 Å². The van der Waals surface area contributed by atoms with E-state index >= 15 is 0 Å². The number of hydrogen-bond acceptors (Lipinski definition) is 5. The fourth-order valence-electron chi connectivity index (χ4n) is 3.51. The second kappa shape index (κ2) is 7.10. The summed E-state index contributed by atoms with van der Waals surface area (Å²) in [6.07, 6.45) is 5.27. The standard InChI is InChI=1S/C19H20ClN3O2/c20-14-5-3-12(4-6-14)13-8-17-16(18(24)9-13)11-22-19(23-17)21-10-15-2-1-7-25-15/h3-6,11,13,15H,1-2,7-10H2,(H,21,22,23)/t13-,15-/m0/s1. The van der Waals surface area contributed by atoms with Crippen LogP contribution in [0.4, 0.5) is 5.95 Å². The van der Waals surface area contributed by atoms with E-state index in [4.69, 9.17) is 16.3 Å². The van der Waals surface area contributed by atoms with Gasteiger partial charge in [0.15, 0.2) is 5.78 Å². The third-order valence-electron chi connectivity index (χ3n) is 4.89. The van der Waals surface area contributed by atoms with Crippen molar-refractivity contribution in [2.45, 2.75) is 37.7 Å². The monoisotopic (exact) mass is 357 g/mol. The molecule has 6 heteroatoms. The van der Waals surface area contributed by atoms with Gasteiger partial charge in [0.2, 0.25) is 5.95 Å². The average molecular weight is 358 g/mol. The Hall–Kier alpha value is -1.98. The molecule has 5 nitrogen and oxygen atoms in total. The predicted octanol–water partition coefficient (Wildman–Crippen LogP) is 3.63. The van der Waals surface area contributed by atoms with Gasteiger partial charge in [-0.3, -0.25) is 4.79 Å². The normalized spacial score (nSPS) is 22.7. The molecule has 2 heterocycles. The van der Waals surface area contributed by atoms with E-state index in [0.717, 1.165) is 37.1 Å². The minimum Gasteiger partial charge on any atom is -0.376 e. The van der Waals surface area contributed by atoms with Crippen molar-refractivity contribution < 1.29 is 9.53 Å². The van der Waals surface area contributed by atoms with E-state index in [9.17, 15) is 4.79 Å². The van der Waals surface area contributed by atoms with E-state index < -0.39 is 0 Å². The molecule has 2 aromatic rings. The number of nitrogens with one attached hydrogen (secondary N) is 1. The summed E-state index contributed by atoms with van der Waals surface area (Å²) in [5, 5.41) is 3.94. The highest BCUT2D eigenvalue weighted by atomic mass is 35.5. The minimum atomic E-state index is 0.104. The Morgan fingerprint density at radius 1 is 1.24 bits per heavy atom. The topological polar surface area (TPSA) is 64.1 Å². The molecular formula is C19H20ClN3O2. The van der Waals surface area contributed by atoms with Gasteiger partial charge in [0.25, 0.3) is 0 Å². The first kappa shape index (κ1) is 16.5. The Labute approximate surface area is 151 Å². The minimum absolute atomic E-state index is 0.104. The predicted molar refractivity (Wildman–Crippen MR) is 96.3 cm³/mol. The second-order valence-electron chi connectivity index (χ2n) is 6.65. The van der Waals surface area contributed by atoms with Crippen LogP contribution in [0.5, 0.6) is 0 Å². The zero-order valence-electron chi connectivity index (χ0n) is 13.9. The average Bonchev–Trinajstić information content (AvgIpc) is 3.14. The fraction of sp³-hybridized carbons (Fsp3) is 0.421. The Balaban J connectivity index is 1.51. The number of hydrogen-bond donors (Lipinski definition) is 1. The molecule has 2 aliphatic rings. The van der Waals surface area contributed by atoms with Gasteiger partial charge in [0.1, 0.15) is 0 Å². The van der Waals surface area contributed by atoms with Crippen LogP contribution in [0.3, 0.4) is 0 Å². The molecule has 1 fully saturated rings. The first-order valence-electron chi connectivity index (χ1n) is 8.69.